The fraction of sp³-hybridized carbons (Fsp3) is 0.583. The third-order valence-electron chi connectivity index (χ3n) is 2.51. The number of carbonyl (C=O) groups excluding carboxylic acids is 5. The summed E-state index contributed by atoms with van der Waals surface area (Å²) in [5.74, 6) is -4.36. The summed E-state index contributed by atoms with van der Waals surface area (Å²) in [7, 11) is 2.13. The molecule has 0 aromatic rings. The monoisotopic (exact) mass is 334 g/mol. The molecule has 2 amide bonds. The minimum atomic E-state index is -2.34. The first kappa shape index (κ1) is 20.5. The standard InChI is InChI=1S/C12H18N2O9/c1-7(16)13(2)22-11(20)9(18)10(19)12(21)23-14(3)8(17)5-4-6-15/h6,9-10,18-19H,4-5H2,1-3H3. The van der Waals surface area contributed by atoms with Gasteiger partial charge in [0.05, 0.1) is 0 Å². The lowest BCUT2D eigenvalue weighted by molar-refractivity contribution is -0.214. The Kier molecular flexibility index (Phi) is 8.44. The summed E-state index contributed by atoms with van der Waals surface area (Å²) in [6.07, 6.45) is -4.49. The van der Waals surface area contributed by atoms with Gasteiger partial charge in [-0.1, -0.05) is 0 Å². The summed E-state index contributed by atoms with van der Waals surface area (Å²) in [6.45, 7) is 1.07. The lowest BCUT2D eigenvalue weighted by atomic mass is 10.2. The van der Waals surface area contributed by atoms with E-state index in [0.717, 1.165) is 21.0 Å². The fourth-order valence-electron chi connectivity index (χ4n) is 1.09. The molecule has 0 heterocycles. The average Bonchev–Trinajstić information content (AvgIpc) is 2.50. The van der Waals surface area contributed by atoms with E-state index in [9.17, 15) is 34.2 Å². The Labute approximate surface area is 131 Å². The van der Waals surface area contributed by atoms with E-state index in [1.165, 1.54) is 0 Å². The highest BCUT2D eigenvalue weighted by Gasteiger charge is 2.35. The summed E-state index contributed by atoms with van der Waals surface area (Å²) in [6, 6.07) is 0. The van der Waals surface area contributed by atoms with Crippen LogP contribution in [0.4, 0.5) is 0 Å². The van der Waals surface area contributed by atoms with Gasteiger partial charge in [-0.05, 0) is 0 Å². The molecule has 0 aromatic carbocycles. The number of aliphatic hydroxyl groups is 2. The second-order valence-corrected chi connectivity index (χ2v) is 4.32. The van der Waals surface area contributed by atoms with Gasteiger partial charge in [-0.25, -0.2) is 9.59 Å². The Hall–Kier alpha value is -2.53. The lowest BCUT2D eigenvalue weighted by Gasteiger charge is -2.21. The first-order valence-electron chi connectivity index (χ1n) is 6.36. The van der Waals surface area contributed by atoms with Crippen molar-refractivity contribution in [1.82, 2.24) is 10.1 Å². The van der Waals surface area contributed by atoms with Crippen LogP contribution < -0.4 is 0 Å². The second-order valence-electron chi connectivity index (χ2n) is 4.32. The molecule has 0 aliphatic carbocycles. The van der Waals surface area contributed by atoms with Crippen molar-refractivity contribution in [2.24, 2.45) is 0 Å². The van der Waals surface area contributed by atoms with Crippen LogP contribution in [-0.4, -0.2) is 76.7 Å². The maximum Gasteiger partial charge on any atom is 0.364 e. The molecule has 0 spiro atoms. The van der Waals surface area contributed by atoms with Gasteiger partial charge in [0.15, 0.2) is 12.2 Å². The highest BCUT2D eigenvalue weighted by molar-refractivity contribution is 5.87. The van der Waals surface area contributed by atoms with Crippen molar-refractivity contribution in [2.45, 2.75) is 32.0 Å². The Morgan fingerprint density at radius 3 is 1.83 bits per heavy atom. The number of carbonyl (C=O) groups is 5. The van der Waals surface area contributed by atoms with Gasteiger partial charge < -0.3 is 24.7 Å². The van der Waals surface area contributed by atoms with Gasteiger partial charge in [-0.3, -0.25) is 9.59 Å². The van der Waals surface area contributed by atoms with Crippen LogP contribution in [0, 0.1) is 0 Å². The Bertz CT molecular complexity index is 479. The molecule has 2 N–H and O–H groups in total. The minimum absolute atomic E-state index is 0.0877. The van der Waals surface area contributed by atoms with Crippen LogP contribution in [0.15, 0.2) is 0 Å². The number of amides is 2. The number of hydrogen-bond donors (Lipinski definition) is 2. The zero-order valence-corrected chi connectivity index (χ0v) is 12.8. The molecular weight excluding hydrogens is 316 g/mol. The second kappa shape index (κ2) is 9.48. The third-order valence-corrected chi connectivity index (χ3v) is 2.51. The first-order chi connectivity index (χ1) is 10.6. The van der Waals surface area contributed by atoms with Crippen LogP contribution in [0.1, 0.15) is 19.8 Å². The molecule has 0 rings (SSSR count). The number of hydroxylamine groups is 4. The van der Waals surface area contributed by atoms with Gasteiger partial charge in [0, 0.05) is 33.9 Å². The van der Waals surface area contributed by atoms with Gasteiger partial charge in [0.2, 0.25) is 0 Å². The van der Waals surface area contributed by atoms with Gasteiger partial charge in [0.25, 0.3) is 11.8 Å². The number of rotatable bonds is 6. The van der Waals surface area contributed by atoms with Crippen LogP contribution in [0.2, 0.25) is 0 Å². The van der Waals surface area contributed by atoms with Crippen LogP contribution in [0.25, 0.3) is 0 Å². The minimum Gasteiger partial charge on any atom is -0.379 e. The molecule has 11 nitrogen and oxygen atoms in total. The SMILES string of the molecule is CC(=O)N(C)OC(=O)C(O)C(O)C(=O)ON(C)C(=O)CCC=O. The number of nitrogens with zero attached hydrogens (tertiary/aromatic N) is 2. The van der Waals surface area contributed by atoms with Crippen molar-refractivity contribution in [3.05, 3.63) is 0 Å². The van der Waals surface area contributed by atoms with E-state index in [1.807, 2.05) is 0 Å². The molecule has 0 aromatic heterocycles. The van der Waals surface area contributed by atoms with E-state index in [2.05, 4.69) is 9.68 Å². The van der Waals surface area contributed by atoms with Gasteiger partial charge in [0.1, 0.15) is 6.29 Å². The smallest absolute Gasteiger partial charge is 0.364 e. The summed E-state index contributed by atoms with van der Waals surface area (Å²) in [4.78, 5) is 64.1. The van der Waals surface area contributed by atoms with Crippen molar-refractivity contribution >= 4 is 30.0 Å². The Morgan fingerprint density at radius 1 is 1.00 bits per heavy atom. The van der Waals surface area contributed by atoms with Gasteiger partial charge in [-0.15, -0.1) is 0 Å². The van der Waals surface area contributed by atoms with E-state index in [1.54, 1.807) is 0 Å². The number of aliphatic hydroxyl groups excluding tert-OH is 2. The van der Waals surface area contributed by atoms with Crippen LogP contribution in [0.5, 0.6) is 0 Å². The number of aldehydes is 1. The summed E-state index contributed by atoms with van der Waals surface area (Å²) >= 11 is 0. The molecule has 23 heavy (non-hydrogen) atoms. The quantitative estimate of drug-likeness (QED) is 0.398. The van der Waals surface area contributed by atoms with E-state index in [4.69, 9.17) is 0 Å². The molecule has 0 aliphatic heterocycles. The van der Waals surface area contributed by atoms with Crippen molar-refractivity contribution < 1.29 is 43.9 Å². The molecule has 2 unspecified atom stereocenters. The van der Waals surface area contributed by atoms with Crippen molar-refractivity contribution in [2.75, 3.05) is 14.1 Å². The van der Waals surface area contributed by atoms with Crippen LogP contribution >= 0.6 is 0 Å². The molecule has 0 saturated carbocycles. The molecular formula is C12H18N2O9. The van der Waals surface area contributed by atoms with Gasteiger partial charge >= 0.3 is 11.9 Å². The van der Waals surface area contributed by atoms with Crippen LogP contribution in [-0.2, 0) is 33.6 Å². The zero-order chi connectivity index (χ0) is 18.2. The maximum absolute atomic E-state index is 11.5. The molecule has 0 saturated heterocycles. The van der Waals surface area contributed by atoms with E-state index in [0.29, 0.717) is 16.4 Å². The maximum atomic E-state index is 11.5. The Balaban J connectivity index is 4.57. The van der Waals surface area contributed by atoms with E-state index >= 15 is 0 Å². The summed E-state index contributed by atoms with van der Waals surface area (Å²) < 4.78 is 0. The van der Waals surface area contributed by atoms with Crippen molar-refractivity contribution in [3.63, 3.8) is 0 Å². The largest absolute Gasteiger partial charge is 0.379 e. The average molecular weight is 334 g/mol. The zero-order valence-electron chi connectivity index (χ0n) is 12.8. The topological polar surface area (TPSA) is 151 Å². The molecule has 0 aliphatic rings. The van der Waals surface area contributed by atoms with Gasteiger partial charge in [-0.2, -0.15) is 10.1 Å². The van der Waals surface area contributed by atoms with E-state index < -0.39 is 36.0 Å². The summed E-state index contributed by atoms with van der Waals surface area (Å²) in [5.41, 5.74) is 0. The predicted molar refractivity (Wildman–Crippen MR) is 70.7 cm³/mol. The molecule has 130 valence electrons. The lowest BCUT2D eigenvalue weighted by Crippen LogP contribution is -2.46. The fourth-order valence-corrected chi connectivity index (χ4v) is 1.09. The number of hydrogen-bond acceptors (Lipinski definition) is 9. The predicted octanol–water partition coefficient (Wildman–Crippen LogP) is -2.46. The molecule has 0 fully saturated rings. The Morgan fingerprint density at radius 2 is 1.43 bits per heavy atom. The molecule has 11 heteroatoms. The van der Waals surface area contributed by atoms with Crippen LogP contribution in [0.3, 0.4) is 0 Å². The first-order valence-corrected chi connectivity index (χ1v) is 6.36. The molecule has 0 radical (unpaired) electrons. The third kappa shape index (κ3) is 6.84. The molecule has 0 bridgehead atoms. The summed E-state index contributed by atoms with van der Waals surface area (Å²) in [5, 5.41) is 19.9. The molecule has 2 atom stereocenters. The van der Waals surface area contributed by atoms with Crippen molar-refractivity contribution in [3.8, 4) is 0 Å². The normalized spacial score (nSPS) is 12.6. The highest BCUT2D eigenvalue weighted by atomic mass is 16.7. The highest BCUT2D eigenvalue weighted by Crippen LogP contribution is 2.04. The van der Waals surface area contributed by atoms with E-state index in [-0.39, 0.29) is 12.8 Å². The van der Waals surface area contributed by atoms with Crippen molar-refractivity contribution in [1.29, 1.82) is 0 Å².